The van der Waals surface area contributed by atoms with Gasteiger partial charge in [0, 0.05) is 37.3 Å². The van der Waals surface area contributed by atoms with Gasteiger partial charge >= 0.3 is 33.3 Å². The van der Waals surface area contributed by atoms with E-state index in [2.05, 4.69) is 52.7 Å². The fourth-order valence-corrected chi connectivity index (χ4v) is 10.8. The molecule has 0 saturated carbocycles. The maximum atomic E-state index is 13.4. The van der Waals surface area contributed by atoms with Crippen LogP contribution in [-0.4, -0.2) is 119 Å². The lowest BCUT2D eigenvalue weighted by atomic mass is 9.82. The lowest BCUT2D eigenvalue weighted by Crippen LogP contribution is -2.52. The number of anilines is 1. The Labute approximate surface area is 442 Å². The summed E-state index contributed by atoms with van der Waals surface area (Å²) in [4.78, 5) is 64.2. The molecule has 2 saturated heterocycles. The zero-order chi connectivity index (χ0) is 55.1. The molecule has 1 aromatic heterocycles. The quantitative estimate of drug-likeness (QED) is 0.0212. The van der Waals surface area contributed by atoms with Crippen molar-refractivity contribution in [2.75, 3.05) is 25.6 Å². The number of nitrogens with zero attached hydrogens (tertiary/aromatic N) is 2. The van der Waals surface area contributed by atoms with Gasteiger partial charge in [0.05, 0.1) is 37.6 Å². The number of allylic oxidation sites excluding steroid dienone is 6. The highest BCUT2D eigenvalue weighted by molar-refractivity contribution is 7.61. The number of aliphatic hydroxyl groups is 5. The van der Waals surface area contributed by atoms with E-state index in [-0.39, 0.29) is 25.1 Å². The number of unbranched alkanes of at least 4 members (excludes halogenated alkanes) is 9. The third kappa shape index (κ3) is 27.2. The van der Waals surface area contributed by atoms with Crippen molar-refractivity contribution in [2.24, 2.45) is 11.8 Å². The lowest BCUT2D eigenvalue weighted by Gasteiger charge is -2.41. The van der Waals surface area contributed by atoms with Crippen molar-refractivity contribution < 1.29 is 81.6 Å². The Morgan fingerprint density at radius 3 is 2.13 bits per heavy atom. The molecule has 21 nitrogen and oxygen atoms in total. The number of hydrogen-bond donors (Lipinski definition) is 8. The van der Waals surface area contributed by atoms with E-state index < -0.39 is 120 Å². The van der Waals surface area contributed by atoms with Gasteiger partial charge in [-0.25, -0.2) is 13.9 Å². The first kappa shape index (κ1) is 65.9. The summed E-state index contributed by atoms with van der Waals surface area (Å²) in [5.74, 6) is -4.01. The Kier molecular flexibility index (Phi) is 32.2. The maximum Gasteiger partial charge on any atom is 0.481 e. The molecule has 1 aromatic rings. The van der Waals surface area contributed by atoms with Crippen molar-refractivity contribution in [3.05, 3.63) is 71.4 Å². The van der Waals surface area contributed by atoms with Gasteiger partial charge in [-0.2, -0.15) is 9.29 Å². The highest BCUT2D eigenvalue weighted by Crippen LogP contribution is 2.60. The van der Waals surface area contributed by atoms with Gasteiger partial charge < -0.3 is 55.3 Å². The van der Waals surface area contributed by atoms with Crippen LogP contribution in [0.25, 0.3) is 0 Å². The van der Waals surface area contributed by atoms with E-state index >= 15 is 0 Å². The summed E-state index contributed by atoms with van der Waals surface area (Å²) in [5.41, 5.74) is 4.81. The highest BCUT2D eigenvalue weighted by Gasteiger charge is 2.45. The molecule has 0 amide bonds. The molecule has 75 heavy (non-hydrogen) atoms. The third-order valence-electron chi connectivity index (χ3n) is 13.0. The van der Waals surface area contributed by atoms with Crippen LogP contribution in [0.4, 0.5) is 5.82 Å². The van der Waals surface area contributed by atoms with E-state index in [9.17, 15) is 58.8 Å². The van der Waals surface area contributed by atoms with E-state index in [0.717, 1.165) is 62.4 Å². The average molecular weight is 1100 g/mol. The number of carbonyl (C=O) groups excluding carboxylic acids is 2. The van der Waals surface area contributed by atoms with Gasteiger partial charge in [-0.05, 0) is 70.3 Å². The molecule has 3 rings (SSSR count). The minimum absolute atomic E-state index is 0.0602. The Bertz CT molecular complexity index is 2070. The number of aliphatic hydroxyl groups excluding tert-OH is 5. The topological polar surface area (TPSA) is 326 Å². The smallest absolute Gasteiger partial charge is 0.462 e. The number of phosphoric acid groups is 2. The van der Waals surface area contributed by atoms with E-state index in [4.69, 9.17) is 29.0 Å². The first-order valence-corrected chi connectivity index (χ1v) is 29.9. The summed E-state index contributed by atoms with van der Waals surface area (Å²) in [7, 11) is -11.3. The van der Waals surface area contributed by atoms with Gasteiger partial charge in [0.15, 0.2) is 6.10 Å². The van der Waals surface area contributed by atoms with Gasteiger partial charge in [-0.1, -0.05) is 127 Å². The molecule has 2 fully saturated rings. The first-order valence-electron chi connectivity index (χ1n) is 26.9. The fraction of sp³-hybridized carbons (Fsp3) is 0.731. The highest BCUT2D eigenvalue weighted by atomic mass is 31.3. The largest absolute Gasteiger partial charge is 0.481 e. The van der Waals surface area contributed by atoms with Crippen LogP contribution in [-0.2, 0) is 46.3 Å². The van der Waals surface area contributed by atoms with Crippen LogP contribution in [0.15, 0.2) is 65.7 Å². The van der Waals surface area contributed by atoms with E-state index in [1.807, 2.05) is 6.92 Å². The number of ether oxygens (including phenoxy) is 3. The Morgan fingerprint density at radius 1 is 0.827 bits per heavy atom. The number of rotatable bonds is 24. The standard InChI is InChI=1S/C52H87N3O18P2/c1-3-5-7-8-9-10-11-12-13-14-15-16-17-18-19-20-25-29-47(59)68-36-40-37-69-74(64,65)73-75(66,67)70-38-45-50(62)49(61)41(32-31-39(56)27-23-6-4-2)43(57)35-44(58)42(28-24-21-22-26-30-48(60)71-40)51(72-45)55-34-33-46(53)54-52(55)63/h9-10,12-13,15-16,31-34,39-45,49-51,56-58,61-62H,3-8,11,14,17-30,35-38H2,1-2H3,(H,64,65)(H,66,67)(H2,53,54,63)/b10-9-,13-12-,16-15-,32-31+/t39-,40+,41-,42-,43+,44-,45+,49-,50+,51+/m0/s1. The third-order valence-corrected chi connectivity index (χ3v) is 15.6. The van der Waals surface area contributed by atoms with Crippen LogP contribution in [0.5, 0.6) is 0 Å². The molecule has 2 bridgehead atoms. The summed E-state index contributed by atoms with van der Waals surface area (Å²) < 4.78 is 59.1. The molecule has 0 aromatic carbocycles. The SMILES string of the molecule is CCCCC/C=C\C/C=C\C/C=C\CCCCCCC(=O)OC[C@@H]1COP(=O)(O)OP(=O)(O)OC[C@H]2O[C@@H](n3ccc(N)nc3=O)[C@@H](CCCCCCC(=O)O1)[C@@H](O)C[C@@H](O)[C@H](/C=C/[C@@H](O)CCCCC)[C@H](O)[C@@H]2O. The van der Waals surface area contributed by atoms with Gasteiger partial charge in [0.2, 0.25) is 0 Å². The molecule has 428 valence electrons. The van der Waals surface area contributed by atoms with Gasteiger partial charge in [0.25, 0.3) is 0 Å². The van der Waals surface area contributed by atoms with Crippen LogP contribution < -0.4 is 11.4 Å². The molecule has 0 radical (unpaired) electrons. The average Bonchev–Trinajstić information content (AvgIpc) is 3.35. The minimum atomic E-state index is -5.70. The summed E-state index contributed by atoms with van der Waals surface area (Å²) in [6.07, 6.45) is 18.4. The Hall–Kier alpha value is -3.40. The van der Waals surface area contributed by atoms with Crippen LogP contribution in [0.1, 0.15) is 168 Å². The molecule has 2 unspecified atom stereocenters. The number of cyclic esters (lactones) is 1. The number of nitrogen functional groups attached to an aromatic ring is 1. The summed E-state index contributed by atoms with van der Waals surface area (Å²) >= 11 is 0. The molecule has 2 aliphatic heterocycles. The number of carbonyl (C=O) groups is 2. The van der Waals surface area contributed by atoms with Crippen molar-refractivity contribution in [3.8, 4) is 0 Å². The molecule has 23 heteroatoms. The predicted molar refractivity (Wildman–Crippen MR) is 281 cm³/mol. The number of aromatic nitrogens is 2. The van der Waals surface area contributed by atoms with Gasteiger partial charge in [-0.15, -0.1) is 0 Å². The lowest BCUT2D eigenvalue weighted by molar-refractivity contribution is -0.195. The fourth-order valence-electron chi connectivity index (χ4n) is 8.69. The van der Waals surface area contributed by atoms with Crippen molar-refractivity contribution in [2.45, 2.75) is 210 Å². The zero-order valence-electron chi connectivity index (χ0n) is 43.9. The monoisotopic (exact) mass is 1100 g/mol. The van der Waals surface area contributed by atoms with Gasteiger partial charge in [-0.3, -0.25) is 23.2 Å². The Balaban J connectivity index is 1.73. The van der Waals surface area contributed by atoms with Gasteiger partial charge in [0.1, 0.15) is 30.9 Å². The molecule has 2 aliphatic rings. The molecule has 3 heterocycles. The van der Waals surface area contributed by atoms with E-state index in [1.54, 1.807) is 0 Å². The van der Waals surface area contributed by atoms with Crippen LogP contribution >= 0.6 is 15.6 Å². The molecule has 0 aliphatic carbocycles. The van der Waals surface area contributed by atoms with Crippen LogP contribution in [0.3, 0.4) is 0 Å². The summed E-state index contributed by atoms with van der Waals surface area (Å²) in [6.45, 7) is 1.50. The number of nitrogens with two attached hydrogens (primary N) is 1. The molecular formula is C52H87N3O18P2. The second-order valence-electron chi connectivity index (χ2n) is 19.3. The predicted octanol–water partition coefficient (Wildman–Crippen LogP) is 7.72. The molecule has 0 spiro atoms. The summed E-state index contributed by atoms with van der Waals surface area (Å²) in [5, 5.41) is 57.5. The van der Waals surface area contributed by atoms with Crippen molar-refractivity contribution in [3.63, 3.8) is 0 Å². The normalized spacial score (nSPS) is 30.0. The van der Waals surface area contributed by atoms with Crippen molar-refractivity contribution >= 4 is 33.4 Å². The second kappa shape index (κ2) is 36.6. The van der Waals surface area contributed by atoms with Crippen LogP contribution in [0, 0.1) is 11.8 Å². The number of hydrogen-bond acceptors (Lipinski definition) is 18. The number of fused-ring (bicyclic) bond motifs is 3. The maximum absolute atomic E-state index is 13.4. The van der Waals surface area contributed by atoms with Crippen molar-refractivity contribution in [1.29, 1.82) is 0 Å². The second-order valence-corrected chi connectivity index (χ2v) is 22.4. The Morgan fingerprint density at radius 2 is 1.45 bits per heavy atom. The molecular weight excluding hydrogens is 1020 g/mol. The van der Waals surface area contributed by atoms with E-state index in [1.165, 1.54) is 43.7 Å². The molecule has 12 atom stereocenters. The van der Waals surface area contributed by atoms with Crippen LogP contribution in [0.2, 0.25) is 0 Å². The summed E-state index contributed by atoms with van der Waals surface area (Å²) in [6, 6.07) is 1.26. The van der Waals surface area contributed by atoms with Crippen molar-refractivity contribution in [1.82, 2.24) is 9.55 Å². The number of phosphoric ester groups is 2. The first-order chi connectivity index (χ1) is 35.9. The zero-order valence-corrected chi connectivity index (χ0v) is 45.7. The molecule has 9 N–H and O–H groups in total. The minimum Gasteiger partial charge on any atom is -0.462 e. The number of esters is 2. The van der Waals surface area contributed by atoms with E-state index in [0.29, 0.717) is 44.9 Å².